The molecular weight excluding hydrogens is 238 g/mol. The van der Waals surface area contributed by atoms with Crippen LogP contribution in [0.3, 0.4) is 0 Å². The molecule has 0 aliphatic heterocycles. The molecule has 0 saturated carbocycles. The van der Waals surface area contributed by atoms with E-state index in [-0.39, 0.29) is 0 Å². The minimum absolute atomic E-state index is 0.475. The molecule has 2 heterocycles. The van der Waals surface area contributed by atoms with Crippen molar-refractivity contribution in [1.29, 1.82) is 0 Å². The lowest BCUT2D eigenvalue weighted by Gasteiger charge is -2.22. The molecule has 2 aromatic heterocycles. The maximum atomic E-state index is 9.49. The molecule has 0 aliphatic rings. The second-order valence-corrected chi connectivity index (χ2v) is 4.50. The molecule has 2 aromatic rings. The van der Waals surface area contributed by atoms with E-state index in [1.54, 1.807) is 25.5 Å². The van der Waals surface area contributed by atoms with Gasteiger partial charge >= 0.3 is 0 Å². The average Bonchev–Trinajstić information content (AvgIpc) is 2.46. The van der Waals surface area contributed by atoms with E-state index >= 15 is 0 Å². The number of hydrogen-bond donors (Lipinski definition) is 1. The van der Waals surface area contributed by atoms with Gasteiger partial charge in [0.15, 0.2) is 0 Å². The van der Waals surface area contributed by atoms with E-state index in [0.29, 0.717) is 0 Å². The highest BCUT2D eigenvalue weighted by Gasteiger charge is 2.08. The van der Waals surface area contributed by atoms with Crippen LogP contribution in [-0.4, -0.2) is 21.6 Å². The van der Waals surface area contributed by atoms with Gasteiger partial charge in [0.2, 0.25) is 0 Å². The summed E-state index contributed by atoms with van der Waals surface area (Å²) in [5.74, 6) is 0.920. The number of pyridine rings is 2. The summed E-state index contributed by atoms with van der Waals surface area (Å²) in [5.41, 5.74) is 2.04. The molecule has 4 nitrogen and oxygen atoms in total. The highest BCUT2D eigenvalue weighted by Crippen LogP contribution is 2.17. The summed E-state index contributed by atoms with van der Waals surface area (Å²) in [6, 6.07) is 7.88. The topological polar surface area (TPSA) is 49.2 Å². The number of aliphatic hydroxyl groups excluding tert-OH is 1. The Balaban J connectivity index is 2.13. The zero-order chi connectivity index (χ0) is 13.7. The van der Waals surface area contributed by atoms with Crippen LogP contribution in [0.25, 0.3) is 0 Å². The van der Waals surface area contributed by atoms with E-state index in [0.717, 1.165) is 24.5 Å². The molecule has 1 N–H and O–H groups in total. The number of aromatic nitrogens is 2. The predicted octanol–water partition coefficient (Wildman–Crippen LogP) is 2.56. The van der Waals surface area contributed by atoms with Crippen molar-refractivity contribution in [2.45, 2.75) is 26.5 Å². The minimum Gasteiger partial charge on any atom is -0.389 e. The number of anilines is 1. The second kappa shape index (κ2) is 6.29. The van der Waals surface area contributed by atoms with E-state index in [9.17, 15) is 5.11 Å². The first-order valence-corrected chi connectivity index (χ1v) is 6.48. The van der Waals surface area contributed by atoms with Gasteiger partial charge in [-0.05, 0) is 43.2 Å². The summed E-state index contributed by atoms with van der Waals surface area (Å²) < 4.78 is 0. The average molecular weight is 257 g/mol. The van der Waals surface area contributed by atoms with Crippen molar-refractivity contribution in [2.24, 2.45) is 0 Å². The number of hydrogen-bond acceptors (Lipinski definition) is 4. The third kappa shape index (κ3) is 3.51. The summed E-state index contributed by atoms with van der Waals surface area (Å²) in [6.45, 7) is 5.53. The summed E-state index contributed by atoms with van der Waals surface area (Å²) in [6.07, 6.45) is 4.85. The Labute approximate surface area is 113 Å². The maximum absolute atomic E-state index is 9.49. The molecule has 0 aromatic carbocycles. The highest BCUT2D eigenvalue weighted by molar-refractivity contribution is 5.40. The molecule has 1 atom stereocenters. The van der Waals surface area contributed by atoms with Gasteiger partial charge in [0.25, 0.3) is 0 Å². The Morgan fingerprint density at radius 3 is 2.47 bits per heavy atom. The molecule has 0 aliphatic carbocycles. The fraction of sp³-hybridized carbons (Fsp3) is 0.333. The standard InChI is InChI=1S/C15H19N3O/c1-3-18(11-13-6-8-16-9-7-13)15-5-4-14(10-17-15)12(2)19/h4-10,12,19H,3,11H2,1-2H3. The van der Waals surface area contributed by atoms with Crippen LogP contribution in [0.4, 0.5) is 5.82 Å². The van der Waals surface area contributed by atoms with E-state index in [1.807, 2.05) is 24.3 Å². The molecule has 0 fully saturated rings. The van der Waals surface area contributed by atoms with Gasteiger partial charge in [-0.1, -0.05) is 6.07 Å². The Bertz CT molecular complexity index is 497. The first-order valence-electron chi connectivity index (χ1n) is 6.48. The van der Waals surface area contributed by atoms with Crippen LogP contribution < -0.4 is 4.90 Å². The molecule has 0 radical (unpaired) electrons. The van der Waals surface area contributed by atoms with Gasteiger partial charge in [0.05, 0.1) is 6.10 Å². The predicted molar refractivity (Wildman–Crippen MR) is 75.8 cm³/mol. The second-order valence-electron chi connectivity index (χ2n) is 4.50. The van der Waals surface area contributed by atoms with Crippen LogP contribution in [0.2, 0.25) is 0 Å². The van der Waals surface area contributed by atoms with Crippen LogP contribution in [0.15, 0.2) is 42.9 Å². The monoisotopic (exact) mass is 257 g/mol. The smallest absolute Gasteiger partial charge is 0.128 e. The third-order valence-electron chi connectivity index (χ3n) is 3.08. The van der Waals surface area contributed by atoms with Crippen LogP contribution in [0, 0.1) is 0 Å². The number of aliphatic hydroxyl groups is 1. The van der Waals surface area contributed by atoms with Crippen LogP contribution in [0.1, 0.15) is 31.1 Å². The van der Waals surface area contributed by atoms with Crippen molar-refractivity contribution in [3.05, 3.63) is 54.0 Å². The van der Waals surface area contributed by atoms with Crippen molar-refractivity contribution in [3.8, 4) is 0 Å². The maximum Gasteiger partial charge on any atom is 0.128 e. The molecule has 100 valence electrons. The van der Waals surface area contributed by atoms with Gasteiger partial charge in [-0.2, -0.15) is 0 Å². The van der Waals surface area contributed by atoms with E-state index in [2.05, 4.69) is 21.8 Å². The fourth-order valence-corrected chi connectivity index (χ4v) is 1.90. The Kier molecular flexibility index (Phi) is 4.47. The normalized spacial score (nSPS) is 12.2. The zero-order valence-corrected chi connectivity index (χ0v) is 11.3. The van der Waals surface area contributed by atoms with Crippen molar-refractivity contribution in [3.63, 3.8) is 0 Å². The van der Waals surface area contributed by atoms with Crippen molar-refractivity contribution < 1.29 is 5.11 Å². The Hall–Kier alpha value is -1.94. The summed E-state index contributed by atoms with van der Waals surface area (Å²) in [5, 5.41) is 9.49. The quantitative estimate of drug-likeness (QED) is 0.894. The highest BCUT2D eigenvalue weighted by atomic mass is 16.3. The van der Waals surface area contributed by atoms with Crippen LogP contribution >= 0.6 is 0 Å². The molecule has 4 heteroatoms. The molecule has 0 saturated heterocycles. The van der Waals surface area contributed by atoms with Crippen molar-refractivity contribution in [1.82, 2.24) is 9.97 Å². The lowest BCUT2D eigenvalue weighted by molar-refractivity contribution is 0.199. The summed E-state index contributed by atoms with van der Waals surface area (Å²) in [4.78, 5) is 10.6. The first kappa shape index (κ1) is 13.5. The third-order valence-corrected chi connectivity index (χ3v) is 3.08. The lowest BCUT2D eigenvalue weighted by atomic mass is 10.2. The van der Waals surface area contributed by atoms with Gasteiger partial charge in [-0.25, -0.2) is 4.98 Å². The first-order chi connectivity index (χ1) is 9.20. The molecule has 0 bridgehead atoms. The van der Waals surface area contributed by atoms with Gasteiger partial charge in [0, 0.05) is 31.7 Å². The van der Waals surface area contributed by atoms with E-state index in [4.69, 9.17) is 0 Å². The Morgan fingerprint density at radius 2 is 1.95 bits per heavy atom. The minimum atomic E-state index is -0.475. The van der Waals surface area contributed by atoms with Gasteiger partial charge in [0.1, 0.15) is 5.82 Å². The zero-order valence-electron chi connectivity index (χ0n) is 11.3. The largest absolute Gasteiger partial charge is 0.389 e. The molecule has 2 rings (SSSR count). The van der Waals surface area contributed by atoms with Crippen LogP contribution in [-0.2, 0) is 6.54 Å². The lowest BCUT2D eigenvalue weighted by Crippen LogP contribution is -2.23. The van der Waals surface area contributed by atoms with Crippen molar-refractivity contribution in [2.75, 3.05) is 11.4 Å². The molecule has 0 amide bonds. The number of nitrogens with zero attached hydrogens (tertiary/aromatic N) is 3. The summed E-state index contributed by atoms with van der Waals surface area (Å²) >= 11 is 0. The van der Waals surface area contributed by atoms with Crippen molar-refractivity contribution >= 4 is 5.82 Å². The van der Waals surface area contributed by atoms with Gasteiger partial charge in [-0.15, -0.1) is 0 Å². The number of rotatable bonds is 5. The molecule has 1 unspecified atom stereocenters. The SMILES string of the molecule is CCN(Cc1ccncc1)c1ccc(C(C)O)cn1. The van der Waals surface area contributed by atoms with Gasteiger partial charge in [-0.3, -0.25) is 4.98 Å². The molecule has 0 spiro atoms. The van der Waals surface area contributed by atoms with Gasteiger partial charge < -0.3 is 10.0 Å². The van der Waals surface area contributed by atoms with Crippen LogP contribution in [0.5, 0.6) is 0 Å². The fourth-order valence-electron chi connectivity index (χ4n) is 1.90. The Morgan fingerprint density at radius 1 is 1.21 bits per heavy atom. The molecular formula is C15H19N3O. The summed E-state index contributed by atoms with van der Waals surface area (Å²) in [7, 11) is 0. The van der Waals surface area contributed by atoms with E-state index in [1.165, 1.54) is 5.56 Å². The van der Waals surface area contributed by atoms with E-state index < -0.39 is 6.10 Å². The molecule has 19 heavy (non-hydrogen) atoms.